The van der Waals surface area contributed by atoms with Gasteiger partial charge in [-0.15, -0.1) is 0 Å². The first kappa shape index (κ1) is 17.2. The van der Waals surface area contributed by atoms with Gasteiger partial charge in [0.1, 0.15) is 11.6 Å². The van der Waals surface area contributed by atoms with E-state index in [9.17, 15) is 4.79 Å². The minimum atomic E-state index is -0.274. The third-order valence-electron chi connectivity index (χ3n) is 3.82. The zero-order chi connectivity index (χ0) is 18.4. The average molecular weight is 346 g/mol. The van der Waals surface area contributed by atoms with Gasteiger partial charge in [-0.3, -0.25) is 4.79 Å². The third kappa shape index (κ3) is 4.28. The predicted molar refractivity (Wildman–Crippen MR) is 97.2 cm³/mol. The standard InChI is InChI=1S/C20H18N4O2/c1-14(20-22-12-18(24-20)16-5-3-2-4-6-16)23-19(25)13-26-17-9-7-15(11-21)8-10-17/h2-10,12,14H,13H2,1H3,(H,22,24)(H,23,25). The number of carbonyl (C=O) groups excluding carboxylic acids is 1. The lowest BCUT2D eigenvalue weighted by Gasteiger charge is -2.12. The molecule has 3 aromatic rings. The zero-order valence-electron chi connectivity index (χ0n) is 14.3. The fourth-order valence-electron chi connectivity index (χ4n) is 2.45. The highest BCUT2D eigenvalue weighted by Gasteiger charge is 2.14. The first-order valence-electron chi connectivity index (χ1n) is 8.18. The fourth-order valence-corrected chi connectivity index (χ4v) is 2.45. The Balaban J connectivity index is 1.54. The Bertz CT molecular complexity index is 911. The number of nitrogens with zero attached hydrogens (tertiary/aromatic N) is 2. The molecule has 6 heteroatoms. The van der Waals surface area contributed by atoms with Crippen molar-refractivity contribution >= 4 is 5.91 Å². The summed E-state index contributed by atoms with van der Waals surface area (Å²) in [6.07, 6.45) is 1.75. The van der Waals surface area contributed by atoms with E-state index in [1.807, 2.05) is 43.3 Å². The van der Waals surface area contributed by atoms with Crippen LogP contribution in [0.3, 0.4) is 0 Å². The fraction of sp³-hybridized carbons (Fsp3) is 0.150. The SMILES string of the molecule is CC(NC(=O)COc1ccc(C#N)cc1)c1ncc(-c2ccccc2)[nH]1. The monoisotopic (exact) mass is 346 g/mol. The van der Waals surface area contributed by atoms with Crippen LogP contribution in [0.4, 0.5) is 0 Å². The van der Waals surface area contributed by atoms with Crippen LogP contribution in [0.25, 0.3) is 11.3 Å². The number of nitriles is 1. The van der Waals surface area contributed by atoms with Crippen molar-refractivity contribution in [2.45, 2.75) is 13.0 Å². The molecular weight excluding hydrogens is 328 g/mol. The van der Waals surface area contributed by atoms with Crippen molar-refractivity contribution in [3.05, 3.63) is 72.2 Å². The van der Waals surface area contributed by atoms with Gasteiger partial charge in [0.25, 0.3) is 5.91 Å². The first-order chi connectivity index (χ1) is 12.7. The molecule has 1 heterocycles. The van der Waals surface area contributed by atoms with Crippen LogP contribution in [0, 0.1) is 11.3 Å². The van der Waals surface area contributed by atoms with Gasteiger partial charge >= 0.3 is 0 Å². The van der Waals surface area contributed by atoms with Crippen LogP contribution >= 0.6 is 0 Å². The van der Waals surface area contributed by atoms with Crippen molar-refractivity contribution in [1.29, 1.82) is 5.26 Å². The molecule has 0 bridgehead atoms. The van der Waals surface area contributed by atoms with Gasteiger partial charge in [0.05, 0.1) is 29.6 Å². The number of nitrogens with one attached hydrogen (secondary N) is 2. The smallest absolute Gasteiger partial charge is 0.258 e. The highest BCUT2D eigenvalue weighted by molar-refractivity contribution is 5.77. The van der Waals surface area contributed by atoms with Crippen LogP contribution in [0.1, 0.15) is 24.4 Å². The van der Waals surface area contributed by atoms with Crippen LogP contribution in [-0.4, -0.2) is 22.5 Å². The van der Waals surface area contributed by atoms with E-state index in [1.165, 1.54) is 0 Å². The van der Waals surface area contributed by atoms with Crippen molar-refractivity contribution in [2.24, 2.45) is 0 Å². The molecule has 1 amide bonds. The molecule has 0 aliphatic carbocycles. The van der Waals surface area contributed by atoms with Gasteiger partial charge in [0.2, 0.25) is 0 Å². The van der Waals surface area contributed by atoms with Gasteiger partial charge in [-0.25, -0.2) is 4.98 Å². The molecule has 0 aliphatic rings. The normalized spacial score (nSPS) is 11.4. The number of hydrogen-bond acceptors (Lipinski definition) is 4. The summed E-state index contributed by atoms with van der Waals surface area (Å²) in [5, 5.41) is 11.6. The van der Waals surface area contributed by atoms with E-state index in [0.29, 0.717) is 17.1 Å². The summed E-state index contributed by atoms with van der Waals surface area (Å²) in [6, 6.07) is 18.2. The second-order valence-corrected chi connectivity index (χ2v) is 5.76. The molecule has 1 unspecified atom stereocenters. The van der Waals surface area contributed by atoms with Crippen molar-refractivity contribution < 1.29 is 9.53 Å². The molecule has 0 saturated carbocycles. The molecule has 2 aromatic carbocycles. The van der Waals surface area contributed by atoms with Crippen LogP contribution in [0.15, 0.2) is 60.8 Å². The Morgan fingerprint density at radius 1 is 1.23 bits per heavy atom. The summed E-state index contributed by atoms with van der Waals surface area (Å²) in [4.78, 5) is 19.6. The minimum Gasteiger partial charge on any atom is -0.484 e. The Kier molecular flexibility index (Phi) is 5.30. The van der Waals surface area contributed by atoms with Crippen molar-refractivity contribution in [1.82, 2.24) is 15.3 Å². The van der Waals surface area contributed by atoms with E-state index in [-0.39, 0.29) is 18.6 Å². The number of imidazole rings is 1. The molecule has 0 radical (unpaired) electrons. The number of hydrogen-bond donors (Lipinski definition) is 2. The van der Waals surface area contributed by atoms with E-state index in [1.54, 1.807) is 30.5 Å². The Morgan fingerprint density at radius 2 is 1.96 bits per heavy atom. The number of aromatic amines is 1. The van der Waals surface area contributed by atoms with Crippen molar-refractivity contribution in [3.63, 3.8) is 0 Å². The lowest BCUT2D eigenvalue weighted by atomic mass is 10.2. The van der Waals surface area contributed by atoms with Crippen LogP contribution < -0.4 is 10.1 Å². The quantitative estimate of drug-likeness (QED) is 0.717. The molecule has 6 nitrogen and oxygen atoms in total. The number of aromatic nitrogens is 2. The molecular formula is C20H18N4O2. The second-order valence-electron chi connectivity index (χ2n) is 5.76. The lowest BCUT2D eigenvalue weighted by Crippen LogP contribution is -2.31. The molecule has 1 atom stereocenters. The Labute approximate surface area is 151 Å². The van der Waals surface area contributed by atoms with Gasteiger partial charge < -0.3 is 15.0 Å². The molecule has 0 spiro atoms. The number of ether oxygens (including phenoxy) is 1. The van der Waals surface area contributed by atoms with E-state index in [4.69, 9.17) is 10.00 Å². The molecule has 0 fully saturated rings. The maximum Gasteiger partial charge on any atom is 0.258 e. The number of amides is 1. The van der Waals surface area contributed by atoms with Crippen LogP contribution in [0.2, 0.25) is 0 Å². The largest absolute Gasteiger partial charge is 0.484 e. The second kappa shape index (κ2) is 7.99. The minimum absolute atomic E-state index is 0.109. The van der Waals surface area contributed by atoms with Crippen molar-refractivity contribution in [2.75, 3.05) is 6.61 Å². The maximum atomic E-state index is 12.1. The maximum absolute atomic E-state index is 12.1. The molecule has 130 valence electrons. The molecule has 0 saturated heterocycles. The van der Waals surface area contributed by atoms with Gasteiger partial charge in [-0.05, 0) is 36.8 Å². The predicted octanol–water partition coefficient (Wildman–Crippen LogP) is 3.20. The highest BCUT2D eigenvalue weighted by Crippen LogP contribution is 2.18. The lowest BCUT2D eigenvalue weighted by molar-refractivity contribution is -0.123. The summed E-state index contributed by atoms with van der Waals surface area (Å²) in [7, 11) is 0. The molecule has 0 aliphatic heterocycles. The van der Waals surface area contributed by atoms with E-state index in [0.717, 1.165) is 11.3 Å². The van der Waals surface area contributed by atoms with E-state index in [2.05, 4.69) is 15.3 Å². The van der Waals surface area contributed by atoms with E-state index >= 15 is 0 Å². The Hall–Kier alpha value is -3.59. The number of carbonyl (C=O) groups is 1. The van der Waals surface area contributed by atoms with E-state index < -0.39 is 0 Å². The third-order valence-corrected chi connectivity index (χ3v) is 3.82. The number of H-pyrrole nitrogens is 1. The number of benzene rings is 2. The average Bonchev–Trinajstić information content (AvgIpc) is 3.18. The van der Waals surface area contributed by atoms with Crippen molar-refractivity contribution in [3.8, 4) is 23.1 Å². The van der Waals surface area contributed by atoms with Crippen LogP contribution in [0.5, 0.6) is 5.75 Å². The molecule has 3 rings (SSSR count). The zero-order valence-corrected chi connectivity index (χ0v) is 14.3. The molecule has 26 heavy (non-hydrogen) atoms. The summed E-state index contributed by atoms with van der Waals surface area (Å²) >= 11 is 0. The molecule has 1 aromatic heterocycles. The van der Waals surface area contributed by atoms with Crippen LogP contribution in [-0.2, 0) is 4.79 Å². The van der Waals surface area contributed by atoms with Gasteiger partial charge in [-0.1, -0.05) is 30.3 Å². The first-order valence-corrected chi connectivity index (χ1v) is 8.18. The topological polar surface area (TPSA) is 90.8 Å². The summed E-state index contributed by atoms with van der Waals surface area (Å²) in [6.45, 7) is 1.75. The highest BCUT2D eigenvalue weighted by atomic mass is 16.5. The number of rotatable bonds is 6. The molecule has 2 N–H and O–H groups in total. The summed E-state index contributed by atoms with van der Waals surface area (Å²) < 4.78 is 5.43. The van der Waals surface area contributed by atoms with Gasteiger partial charge in [-0.2, -0.15) is 5.26 Å². The van der Waals surface area contributed by atoms with Gasteiger partial charge in [0, 0.05) is 0 Å². The summed E-state index contributed by atoms with van der Waals surface area (Å²) in [5.41, 5.74) is 2.48. The summed E-state index contributed by atoms with van der Waals surface area (Å²) in [5.74, 6) is 0.964. The Morgan fingerprint density at radius 3 is 2.65 bits per heavy atom. The van der Waals surface area contributed by atoms with Gasteiger partial charge in [0.15, 0.2) is 6.61 Å².